The summed E-state index contributed by atoms with van der Waals surface area (Å²) >= 11 is 0. The topological polar surface area (TPSA) is 76.1 Å². The molecular formula is C14H16N4O2S. The Morgan fingerprint density at radius 3 is 2.81 bits per heavy atom. The predicted molar refractivity (Wildman–Crippen MR) is 76.9 cm³/mol. The third kappa shape index (κ3) is 2.66. The largest absolute Gasteiger partial charge is 0.263 e. The molecule has 1 saturated heterocycles. The van der Waals surface area contributed by atoms with Crippen LogP contribution in [0, 0.1) is 6.92 Å². The molecule has 1 aliphatic heterocycles. The summed E-state index contributed by atoms with van der Waals surface area (Å²) in [6.45, 7) is 2.35. The maximum Gasteiger partial charge on any atom is 0.245 e. The van der Waals surface area contributed by atoms with Gasteiger partial charge in [0.2, 0.25) is 10.0 Å². The Hall–Kier alpha value is -1.86. The van der Waals surface area contributed by atoms with Crippen molar-refractivity contribution in [2.45, 2.75) is 30.7 Å². The van der Waals surface area contributed by atoms with Crippen LogP contribution in [0.1, 0.15) is 30.3 Å². The molecule has 21 heavy (non-hydrogen) atoms. The molecule has 0 saturated carbocycles. The zero-order valence-electron chi connectivity index (χ0n) is 11.7. The Labute approximate surface area is 123 Å². The van der Waals surface area contributed by atoms with Gasteiger partial charge in [-0.05, 0) is 31.9 Å². The smallest absolute Gasteiger partial charge is 0.245 e. The average Bonchev–Trinajstić information content (AvgIpc) is 2.98. The van der Waals surface area contributed by atoms with Gasteiger partial charge >= 0.3 is 0 Å². The number of pyridine rings is 1. The summed E-state index contributed by atoms with van der Waals surface area (Å²) in [5.41, 5.74) is 1.50. The van der Waals surface area contributed by atoms with Crippen LogP contribution in [0.25, 0.3) is 0 Å². The molecule has 0 unspecified atom stereocenters. The van der Waals surface area contributed by atoms with Gasteiger partial charge in [0.15, 0.2) is 0 Å². The number of nitrogens with zero attached hydrogens (tertiary/aromatic N) is 4. The minimum absolute atomic E-state index is 0.220. The molecule has 3 heterocycles. The lowest BCUT2D eigenvalue weighted by Crippen LogP contribution is -2.31. The molecule has 110 valence electrons. The van der Waals surface area contributed by atoms with E-state index in [1.54, 1.807) is 30.7 Å². The fourth-order valence-corrected chi connectivity index (χ4v) is 4.24. The summed E-state index contributed by atoms with van der Waals surface area (Å²) in [5.74, 6) is 0. The van der Waals surface area contributed by atoms with E-state index < -0.39 is 10.0 Å². The SMILES string of the molecule is Cc1cncc([C@H]2CCCN2S(=O)(=O)c2cccnc2)n1. The molecule has 0 radical (unpaired) electrons. The standard InChI is InChI=1S/C14H16N4O2S/c1-11-8-16-10-13(17-11)14-5-3-7-18(14)21(19,20)12-4-2-6-15-9-12/h2,4,6,8-10,14H,3,5,7H2,1H3/t14-/m1/s1. The normalized spacial score (nSPS) is 19.8. The highest BCUT2D eigenvalue weighted by Crippen LogP contribution is 2.35. The summed E-state index contributed by atoms with van der Waals surface area (Å²) in [6.07, 6.45) is 7.84. The summed E-state index contributed by atoms with van der Waals surface area (Å²) in [4.78, 5) is 12.7. The van der Waals surface area contributed by atoms with Crippen molar-refractivity contribution in [1.82, 2.24) is 19.3 Å². The van der Waals surface area contributed by atoms with Crippen LogP contribution in [-0.4, -0.2) is 34.2 Å². The number of hydrogen-bond acceptors (Lipinski definition) is 5. The maximum atomic E-state index is 12.7. The van der Waals surface area contributed by atoms with Gasteiger partial charge in [0.05, 0.1) is 23.6 Å². The number of rotatable bonds is 3. The molecule has 1 atom stereocenters. The van der Waals surface area contributed by atoms with Crippen LogP contribution in [0.15, 0.2) is 41.8 Å². The van der Waals surface area contributed by atoms with E-state index in [1.165, 1.54) is 10.5 Å². The van der Waals surface area contributed by atoms with Crippen molar-refractivity contribution in [2.75, 3.05) is 6.54 Å². The molecule has 0 spiro atoms. The van der Waals surface area contributed by atoms with Crippen molar-refractivity contribution in [3.63, 3.8) is 0 Å². The molecule has 3 rings (SSSR count). The van der Waals surface area contributed by atoms with Crippen LogP contribution in [0.4, 0.5) is 0 Å². The van der Waals surface area contributed by atoms with Crippen LogP contribution in [-0.2, 0) is 10.0 Å². The molecular weight excluding hydrogens is 288 g/mol. The lowest BCUT2D eigenvalue weighted by atomic mass is 10.2. The van der Waals surface area contributed by atoms with Crippen LogP contribution in [0.5, 0.6) is 0 Å². The van der Waals surface area contributed by atoms with Crippen molar-refractivity contribution >= 4 is 10.0 Å². The van der Waals surface area contributed by atoms with Gasteiger partial charge in [-0.1, -0.05) is 0 Å². The van der Waals surface area contributed by atoms with Crippen molar-refractivity contribution in [3.8, 4) is 0 Å². The van der Waals surface area contributed by atoms with Gasteiger partial charge < -0.3 is 0 Å². The molecule has 0 aromatic carbocycles. The summed E-state index contributed by atoms with van der Waals surface area (Å²) in [6, 6.07) is 2.95. The molecule has 0 amide bonds. The predicted octanol–water partition coefficient (Wildman–Crippen LogP) is 1.71. The molecule has 2 aromatic heterocycles. The third-order valence-electron chi connectivity index (χ3n) is 3.56. The second kappa shape index (κ2) is 5.50. The van der Waals surface area contributed by atoms with Gasteiger partial charge in [0.25, 0.3) is 0 Å². The molecule has 0 N–H and O–H groups in total. The van der Waals surface area contributed by atoms with Gasteiger partial charge in [-0.2, -0.15) is 4.31 Å². The van der Waals surface area contributed by atoms with Gasteiger partial charge in [-0.25, -0.2) is 8.42 Å². The van der Waals surface area contributed by atoms with Crippen LogP contribution in [0.3, 0.4) is 0 Å². The van der Waals surface area contributed by atoms with Gasteiger partial charge in [-0.15, -0.1) is 0 Å². The second-order valence-electron chi connectivity index (χ2n) is 5.05. The lowest BCUT2D eigenvalue weighted by molar-refractivity contribution is 0.389. The quantitative estimate of drug-likeness (QED) is 0.862. The average molecular weight is 304 g/mol. The van der Waals surface area contributed by atoms with Gasteiger partial charge in [0.1, 0.15) is 4.90 Å². The van der Waals surface area contributed by atoms with Gasteiger partial charge in [0, 0.05) is 25.1 Å². The Morgan fingerprint density at radius 1 is 1.24 bits per heavy atom. The highest BCUT2D eigenvalue weighted by Gasteiger charge is 2.37. The van der Waals surface area contributed by atoms with Crippen LogP contribution < -0.4 is 0 Å². The number of sulfonamides is 1. The molecule has 1 aliphatic rings. The zero-order valence-corrected chi connectivity index (χ0v) is 12.5. The zero-order chi connectivity index (χ0) is 14.9. The first-order valence-electron chi connectivity index (χ1n) is 6.79. The van der Waals surface area contributed by atoms with Crippen molar-refractivity contribution in [3.05, 3.63) is 48.3 Å². The maximum absolute atomic E-state index is 12.7. The van der Waals surface area contributed by atoms with Gasteiger partial charge in [-0.3, -0.25) is 15.0 Å². The Kier molecular flexibility index (Phi) is 3.69. The summed E-state index contributed by atoms with van der Waals surface area (Å²) in [7, 11) is -3.55. The number of hydrogen-bond donors (Lipinski definition) is 0. The fraction of sp³-hybridized carbons (Fsp3) is 0.357. The van der Waals surface area contributed by atoms with E-state index in [-0.39, 0.29) is 10.9 Å². The van der Waals surface area contributed by atoms with E-state index in [4.69, 9.17) is 0 Å². The van der Waals surface area contributed by atoms with Crippen LogP contribution in [0.2, 0.25) is 0 Å². The molecule has 7 heteroatoms. The second-order valence-corrected chi connectivity index (χ2v) is 6.94. The van der Waals surface area contributed by atoms with E-state index >= 15 is 0 Å². The molecule has 0 bridgehead atoms. The molecule has 6 nitrogen and oxygen atoms in total. The molecule has 0 aliphatic carbocycles. The van der Waals surface area contributed by atoms with E-state index in [1.807, 2.05) is 6.92 Å². The minimum atomic E-state index is -3.55. The first-order valence-corrected chi connectivity index (χ1v) is 8.23. The summed E-state index contributed by atoms with van der Waals surface area (Å²) in [5, 5.41) is 0. The van der Waals surface area contributed by atoms with Crippen molar-refractivity contribution in [1.29, 1.82) is 0 Å². The third-order valence-corrected chi connectivity index (χ3v) is 5.45. The van der Waals surface area contributed by atoms with E-state index in [0.717, 1.165) is 18.5 Å². The van der Waals surface area contributed by atoms with Crippen molar-refractivity contribution < 1.29 is 8.42 Å². The minimum Gasteiger partial charge on any atom is -0.263 e. The van der Waals surface area contributed by atoms with E-state index in [0.29, 0.717) is 12.2 Å². The van der Waals surface area contributed by atoms with Crippen LogP contribution >= 0.6 is 0 Å². The number of aromatic nitrogens is 3. The molecule has 1 fully saturated rings. The highest BCUT2D eigenvalue weighted by atomic mass is 32.2. The Bertz CT molecular complexity index is 734. The Morgan fingerprint density at radius 2 is 2.10 bits per heavy atom. The highest BCUT2D eigenvalue weighted by molar-refractivity contribution is 7.89. The molecule has 2 aromatic rings. The van der Waals surface area contributed by atoms with E-state index in [9.17, 15) is 8.42 Å². The fourth-order valence-electron chi connectivity index (χ4n) is 2.60. The van der Waals surface area contributed by atoms with E-state index in [2.05, 4.69) is 15.0 Å². The Balaban J connectivity index is 1.98. The monoisotopic (exact) mass is 304 g/mol. The lowest BCUT2D eigenvalue weighted by Gasteiger charge is -2.23. The van der Waals surface area contributed by atoms with Crippen molar-refractivity contribution in [2.24, 2.45) is 0 Å². The first kappa shape index (κ1) is 14.1. The first-order chi connectivity index (χ1) is 10.1. The summed E-state index contributed by atoms with van der Waals surface area (Å²) < 4.78 is 27.0. The number of aryl methyl sites for hydroxylation is 1.